The molecule has 3 N–H and O–H groups in total. The number of benzene rings is 1. The maximum atomic E-state index is 12.3. The number of likely N-dealkylation sites (tertiary alicyclic amines) is 1. The molecule has 0 saturated carbocycles. The van der Waals surface area contributed by atoms with Crippen molar-refractivity contribution in [3.8, 4) is 5.75 Å². The Bertz CT molecular complexity index is 478. The van der Waals surface area contributed by atoms with Gasteiger partial charge in [0.15, 0.2) is 0 Å². The van der Waals surface area contributed by atoms with Crippen LogP contribution in [0.3, 0.4) is 0 Å². The fraction of sp³-hybridized carbons (Fsp3) is 0.562. The highest BCUT2D eigenvalue weighted by Crippen LogP contribution is 2.15. The molecule has 0 radical (unpaired) electrons. The van der Waals surface area contributed by atoms with Crippen LogP contribution in [0.25, 0.3) is 0 Å². The van der Waals surface area contributed by atoms with E-state index in [1.54, 1.807) is 31.4 Å². The first-order valence-corrected chi connectivity index (χ1v) is 7.59. The van der Waals surface area contributed by atoms with Gasteiger partial charge in [0, 0.05) is 25.8 Å². The van der Waals surface area contributed by atoms with E-state index in [1.165, 1.54) is 0 Å². The Morgan fingerprint density at radius 2 is 2.09 bits per heavy atom. The van der Waals surface area contributed by atoms with Crippen LogP contribution < -0.4 is 15.8 Å². The number of amides is 1. The Balaban J connectivity index is 1.89. The molecule has 1 saturated heterocycles. The summed E-state index contributed by atoms with van der Waals surface area (Å²) in [5.74, 6) is 0.663. The minimum absolute atomic E-state index is 0.0166. The number of likely N-dealkylation sites (N-methyl/N-ethyl adjacent to an activating group) is 1. The van der Waals surface area contributed by atoms with Crippen molar-refractivity contribution in [2.24, 2.45) is 5.73 Å². The lowest BCUT2D eigenvalue weighted by Crippen LogP contribution is -2.43. The lowest BCUT2D eigenvalue weighted by Gasteiger charge is -2.18. The van der Waals surface area contributed by atoms with Gasteiger partial charge >= 0.3 is 0 Å². The number of nitrogens with two attached hydrogens (primary N) is 1. The second-order valence-corrected chi connectivity index (χ2v) is 5.59. The number of hydrogen-bond acceptors (Lipinski definition) is 5. The summed E-state index contributed by atoms with van der Waals surface area (Å²) in [7, 11) is 3.70. The minimum atomic E-state index is -0.0872. The second kappa shape index (κ2) is 8.12. The molecule has 1 aromatic rings. The summed E-state index contributed by atoms with van der Waals surface area (Å²) >= 11 is 0. The zero-order valence-electron chi connectivity index (χ0n) is 13.2. The number of hydrogen-bond donors (Lipinski definition) is 2. The molecule has 0 spiro atoms. The van der Waals surface area contributed by atoms with Gasteiger partial charge in [-0.25, -0.2) is 0 Å². The van der Waals surface area contributed by atoms with E-state index in [0.717, 1.165) is 25.3 Å². The van der Waals surface area contributed by atoms with E-state index in [0.29, 0.717) is 18.7 Å². The van der Waals surface area contributed by atoms with Crippen LogP contribution in [0, 0.1) is 0 Å². The van der Waals surface area contributed by atoms with E-state index in [4.69, 9.17) is 15.2 Å². The molecule has 1 aliphatic heterocycles. The molecule has 1 heterocycles. The number of ether oxygens (including phenoxy) is 2. The van der Waals surface area contributed by atoms with Gasteiger partial charge in [-0.3, -0.25) is 4.79 Å². The first-order chi connectivity index (χ1) is 10.6. The lowest BCUT2D eigenvalue weighted by atomic mass is 10.1. The van der Waals surface area contributed by atoms with Crippen LogP contribution in [0.1, 0.15) is 16.8 Å². The van der Waals surface area contributed by atoms with Crippen LogP contribution in [0.5, 0.6) is 5.75 Å². The molecular formula is C16H25N3O3. The lowest BCUT2D eigenvalue weighted by molar-refractivity contribution is 0.0766. The van der Waals surface area contributed by atoms with Crippen LogP contribution in [0.15, 0.2) is 24.3 Å². The minimum Gasteiger partial charge on any atom is -0.494 e. The third kappa shape index (κ3) is 4.43. The summed E-state index contributed by atoms with van der Waals surface area (Å²) in [5, 5.41) is 3.04. The van der Waals surface area contributed by atoms with Gasteiger partial charge in [-0.15, -0.1) is 0 Å². The monoisotopic (exact) mass is 307 g/mol. The Labute approximate surface area is 131 Å². The topological polar surface area (TPSA) is 76.8 Å². The smallest absolute Gasteiger partial charge is 0.251 e. The largest absolute Gasteiger partial charge is 0.494 e. The number of nitrogens with one attached hydrogen (secondary N) is 1. The molecule has 6 nitrogen and oxygen atoms in total. The Morgan fingerprint density at radius 1 is 1.36 bits per heavy atom. The van der Waals surface area contributed by atoms with E-state index < -0.39 is 0 Å². The van der Waals surface area contributed by atoms with Crippen LogP contribution in [-0.2, 0) is 4.74 Å². The van der Waals surface area contributed by atoms with Crippen molar-refractivity contribution in [1.82, 2.24) is 10.2 Å². The van der Waals surface area contributed by atoms with Crippen LogP contribution in [0.4, 0.5) is 0 Å². The van der Waals surface area contributed by atoms with Crippen molar-refractivity contribution in [1.29, 1.82) is 0 Å². The van der Waals surface area contributed by atoms with Gasteiger partial charge in [-0.2, -0.15) is 0 Å². The van der Waals surface area contributed by atoms with E-state index in [1.807, 2.05) is 7.05 Å². The fourth-order valence-electron chi connectivity index (χ4n) is 2.57. The average molecular weight is 307 g/mol. The van der Waals surface area contributed by atoms with Crippen molar-refractivity contribution in [3.63, 3.8) is 0 Å². The number of nitrogens with zero attached hydrogens (tertiary/aromatic N) is 1. The van der Waals surface area contributed by atoms with E-state index in [9.17, 15) is 4.79 Å². The molecule has 2 atom stereocenters. The van der Waals surface area contributed by atoms with Crippen molar-refractivity contribution in [2.45, 2.75) is 18.6 Å². The zero-order chi connectivity index (χ0) is 15.9. The SMILES string of the molecule is CO[C@H]1CN(C)C[C@@H]1NC(=O)c1ccc(OCCCN)cc1. The molecule has 1 aromatic carbocycles. The standard InChI is InChI=1S/C16H25N3O3/c1-19-10-14(15(11-19)21-2)18-16(20)12-4-6-13(7-5-12)22-9-3-8-17/h4-7,14-15H,3,8-11,17H2,1-2H3,(H,18,20)/t14-,15-/m0/s1. The molecule has 2 rings (SSSR count). The normalized spacial score (nSPS) is 21.8. The zero-order valence-corrected chi connectivity index (χ0v) is 13.2. The van der Waals surface area contributed by atoms with E-state index in [2.05, 4.69) is 10.2 Å². The van der Waals surface area contributed by atoms with Crippen molar-refractivity contribution in [3.05, 3.63) is 29.8 Å². The number of carbonyl (C=O) groups is 1. The van der Waals surface area contributed by atoms with Gasteiger partial charge in [0.05, 0.1) is 18.8 Å². The fourth-order valence-corrected chi connectivity index (χ4v) is 2.57. The quantitative estimate of drug-likeness (QED) is 0.716. The molecule has 6 heteroatoms. The predicted molar refractivity (Wildman–Crippen MR) is 85.2 cm³/mol. The summed E-state index contributed by atoms with van der Waals surface area (Å²) < 4.78 is 10.9. The maximum absolute atomic E-state index is 12.3. The molecule has 1 fully saturated rings. The number of rotatable bonds is 7. The van der Waals surface area contributed by atoms with Crippen LogP contribution >= 0.6 is 0 Å². The first kappa shape index (κ1) is 16.7. The summed E-state index contributed by atoms with van der Waals surface area (Å²) in [6.07, 6.45) is 0.850. The molecule has 22 heavy (non-hydrogen) atoms. The van der Waals surface area contributed by atoms with Crippen molar-refractivity contribution >= 4 is 5.91 Å². The maximum Gasteiger partial charge on any atom is 0.251 e. The summed E-state index contributed by atoms with van der Waals surface area (Å²) in [4.78, 5) is 14.4. The van der Waals surface area contributed by atoms with E-state index in [-0.39, 0.29) is 18.1 Å². The molecule has 0 aromatic heterocycles. The summed E-state index contributed by atoms with van der Waals surface area (Å²) in [5.41, 5.74) is 6.04. The van der Waals surface area contributed by atoms with Crippen molar-refractivity contribution < 1.29 is 14.3 Å². The third-order valence-corrected chi connectivity index (χ3v) is 3.80. The Kier molecular flexibility index (Phi) is 6.18. The first-order valence-electron chi connectivity index (χ1n) is 7.59. The molecule has 0 bridgehead atoms. The third-order valence-electron chi connectivity index (χ3n) is 3.80. The molecule has 122 valence electrons. The van der Waals surface area contributed by atoms with E-state index >= 15 is 0 Å². The van der Waals surface area contributed by atoms with Gasteiger partial charge in [-0.1, -0.05) is 0 Å². The van der Waals surface area contributed by atoms with Crippen LogP contribution in [-0.4, -0.2) is 63.4 Å². The molecular weight excluding hydrogens is 282 g/mol. The van der Waals surface area contributed by atoms with Gasteiger partial charge in [0.25, 0.3) is 5.91 Å². The van der Waals surface area contributed by atoms with Gasteiger partial charge < -0.3 is 25.4 Å². The Hall–Kier alpha value is -1.63. The van der Waals surface area contributed by atoms with Crippen molar-refractivity contribution in [2.75, 3.05) is 40.4 Å². The highest BCUT2D eigenvalue weighted by Gasteiger charge is 2.32. The molecule has 1 amide bonds. The molecule has 1 aliphatic rings. The predicted octanol–water partition coefficient (Wildman–Crippen LogP) is 0.473. The second-order valence-electron chi connectivity index (χ2n) is 5.59. The van der Waals surface area contributed by atoms with Crippen LogP contribution in [0.2, 0.25) is 0 Å². The average Bonchev–Trinajstić information content (AvgIpc) is 2.88. The van der Waals surface area contributed by atoms with Gasteiger partial charge in [0.1, 0.15) is 5.75 Å². The highest BCUT2D eigenvalue weighted by atomic mass is 16.5. The summed E-state index contributed by atoms with van der Waals surface area (Å²) in [6, 6.07) is 7.17. The molecule has 0 aliphatic carbocycles. The highest BCUT2D eigenvalue weighted by molar-refractivity contribution is 5.94. The number of carbonyl (C=O) groups excluding carboxylic acids is 1. The van der Waals surface area contributed by atoms with Gasteiger partial charge in [0.2, 0.25) is 0 Å². The van der Waals surface area contributed by atoms with Gasteiger partial charge in [-0.05, 0) is 44.3 Å². The number of methoxy groups -OCH3 is 1. The Morgan fingerprint density at radius 3 is 2.73 bits per heavy atom. The molecule has 0 unspecified atom stereocenters. The summed E-state index contributed by atoms with van der Waals surface area (Å²) in [6.45, 7) is 2.82.